The minimum Gasteiger partial charge on any atom is -0.480 e. The van der Waals surface area contributed by atoms with Crippen LogP contribution in [0, 0.1) is 0 Å². The van der Waals surface area contributed by atoms with Gasteiger partial charge in [0.05, 0.1) is 6.04 Å². The van der Waals surface area contributed by atoms with Crippen molar-refractivity contribution in [3.8, 4) is 11.4 Å². The van der Waals surface area contributed by atoms with Gasteiger partial charge in [0.2, 0.25) is 11.9 Å². The number of fused-ring (bicyclic) bond motifs is 1. The molecule has 0 aliphatic carbocycles. The van der Waals surface area contributed by atoms with E-state index in [0.29, 0.717) is 11.8 Å². The van der Waals surface area contributed by atoms with Crippen LogP contribution in [-0.2, 0) is 11.2 Å². The minimum absolute atomic E-state index is 0.00383. The number of carboxylic acids is 1. The lowest BCUT2D eigenvalue weighted by Gasteiger charge is -2.26. The average molecular weight is 443 g/mol. The van der Waals surface area contributed by atoms with E-state index in [-0.39, 0.29) is 18.4 Å². The molecule has 8 nitrogen and oxygen atoms in total. The smallest absolute Gasteiger partial charge is 0.320 e. The molecular weight excluding hydrogens is 416 g/mol. The van der Waals surface area contributed by atoms with E-state index in [4.69, 9.17) is 16.6 Å². The number of nitrogens with two attached hydrogens (primary N) is 2. The number of anilines is 2. The molecule has 0 unspecified atom stereocenters. The van der Waals surface area contributed by atoms with Crippen LogP contribution in [0.1, 0.15) is 24.1 Å². The lowest BCUT2D eigenvalue weighted by atomic mass is 10.0. The van der Waals surface area contributed by atoms with Gasteiger partial charge in [-0.1, -0.05) is 60.7 Å². The van der Waals surface area contributed by atoms with Crippen molar-refractivity contribution in [2.45, 2.75) is 25.4 Å². The van der Waals surface area contributed by atoms with Gasteiger partial charge in [0.25, 0.3) is 0 Å². The first-order valence-electron chi connectivity index (χ1n) is 10.6. The first-order valence-corrected chi connectivity index (χ1v) is 10.6. The van der Waals surface area contributed by atoms with E-state index in [1.165, 1.54) is 10.8 Å². The summed E-state index contributed by atoms with van der Waals surface area (Å²) in [5.74, 6) is 0.0151. The van der Waals surface area contributed by atoms with E-state index in [0.717, 1.165) is 16.7 Å². The fourth-order valence-electron chi connectivity index (χ4n) is 3.66. The number of benzene rings is 3. The molecule has 3 aromatic carbocycles. The van der Waals surface area contributed by atoms with Crippen LogP contribution in [0.2, 0.25) is 0 Å². The second-order valence-electron chi connectivity index (χ2n) is 8.06. The van der Waals surface area contributed by atoms with E-state index < -0.39 is 12.0 Å². The molecule has 0 amide bonds. The Kier molecular flexibility index (Phi) is 6.19. The number of nitrogens with zero attached hydrogens (tertiary/aromatic N) is 4. The quantitative estimate of drug-likeness (QED) is 0.397. The standard InChI is InChI=1S/C25H26N6O2/c1-15(19-12-11-17-5-3-4-6-20(17)14-19)31(2)25-29-22(28-24(27)30-25)18-9-7-16(8-10-18)13-21(26)23(32)33/h3-12,14-15,21H,13,26H2,1-2H3,(H,32,33)(H2,27,28,29,30)/t15-,21+/m1/s1. The lowest BCUT2D eigenvalue weighted by molar-refractivity contribution is -0.138. The predicted molar refractivity (Wildman–Crippen MR) is 130 cm³/mol. The Morgan fingerprint density at radius 1 is 1.00 bits per heavy atom. The highest BCUT2D eigenvalue weighted by molar-refractivity contribution is 5.83. The average Bonchev–Trinajstić information content (AvgIpc) is 2.82. The molecule has 0 saturated heterocycles. The van der Waals surface area contributed by atoms with Gasteiger partial charge in [-0.2, -0.15) is 15.0 Å². The topological polar surface area (TPSA) is 131 Å². The van der Waals surface area contributed by atoms with Crippen LogP contribution in [0.4, 0.5) is 11.9 Å². The monoisotopic (exact) mass is 442 g/mol. The lowest BCUT2D eigenvalue weighted by Crippen LogP contribution is -2.32. The van der Waals surface area contributed by atoms with E-state index in [9.17, 15) is 4.79 Å². The maximum atomic E-state index is 11.0. The molecule has 0 aliphatic rings. The zero-order valence-electron chi connectivity index (χ0n) is 18.5. The molecule has 0 spiro atoms. The molecule has 0 bridgehead atoms. The van der Waals surface area contributed by atoms with Gasteiger partial charge >= 0.3 is 5.97 Å². The summed E-state index contributed by atoms with van der Waals surface area (Å²) in [6.45, 7) is 2.09. The zero-order chi connectivity index (χ0) is 23.5. The highest BCUT2D eigenvalue weighted by atomic mass is 16.4. The van der Waals surface area contributed by atoms with Gasteiger partial charge in [-0.3, -0.25) is 4.79 Å². The Bertz CT molecular complexity index is 1290. The largest absolute Gasteiger partial charge is 0.480 e. The van der Waals surface area contributed by atoms with Gasteiger partial charge in [-0.15, -0.1) is 0 Å². The second kappa shape index (κ2) is 9.22. The van der Waals surface area contributed by atoms with Crippen LogP contribution in [0.25, 0.3) is 22.2 Å². The number of aliphatic carboxylic acids is 1. The molecule has 8 heteroatoms. The van der Waals surface area contributed by atoms with E-state index in [1.54, 1.807) is 0 Å². The number of carbonyl (C=O) groups is 1. The molecule has 0 aliphatic heterocycles. The fourth-order valence-corrected chi connectivity index (χ4v) is 3.66. The summed E-state index contributed by atoms with van der Waals surface area (Å²) in [6, 6.07) is 21.0. The highest BCUT2D eigenvalue weighted by Gasteiger charge is 2.18. The van der Waals surface area contributed by atoms with Crippen molar-refractivity contribution in [3.05, 3.63) is 77.9 Å². The molecule has 4 rings (SSSR count). The third-order valence-electron chi connectivity index (χ3n) is 5.78. The Labute approximate surface area is 191 Å². The van der Waals surface area contributed by atoms with Gasteiger partial charge in [0.1, 0.15) is 6.04 Å². The van der Waals surface area contributed by atoms with Crippen molar-refractivity contribution < 1.29 is 9.90 Å². The molecular formula is C25H26N6O2. The Morgan fingerprint density at radius 2 is 1.70 bits per heavy atom. The van der Waals surface area contributed by atoms with Crippen molar-refractivity contribution in [1.29, 1.82) is 0 Å². The summed E-state index contributed by atoms with van der Waals surface area (Å²) in [6.07, 6.45) is 0.242. The summed E-state index contributed by atoms with van der Waals surface area (Å²) in [4.78, 5) is 26.2. The zero-order valence-corrected chi connectivity index (χ0v) is 18.5. The molecule has 5 N–H and O–H groups in total. The van der Waals surface area contributed by atoms with Crippen molar-refractivity contribution in [2.24, 2.45) is 5.73 Å². The van der Waals surface area contributed by atoms with Crippen LogP contribution < -0.4 is 16.4 Å². The fraction of sp³-hybridized carbons (Fsp3) is 0.200. The first-order chi connectivity index (χ1) is 15.8. The van der Waals surface area contributed by atoms with Crippen LogP contribution in [-0.4, -0.2) is 39.1 Å². The molecule has 2 atom stereocenters. The summed E-state index contributed by atoms with van der Waals surface area (Å²) in [5.41, 5.74) is 14.3. The van der Waals surface area contributed by atoms with Gasteiger partial charge in [0.15, 0.2) is 5.82 Å². The Balaban J connectivity index is 1.58. The molecule has 0 radical (unpaired) electrons. The van der Waals surface area contributed by atoms with E-state index in [1.807, 2.05) is 48.3 Å². The number of hydrogen-bond donors (Lipinski definition) is 3. The molecule has 4 aromatic rings. The van der Waals surface area contributed by atoms with Crippen LogP contribution in [0.15, 0.2) is 66.7 Å². The minimum atomic E-state index is -1.03. The molecule has 1 aromatic heterocycles. The number of nitrogen functional groups attached to an aromatic ring is 1. The van der Waals surface area contributed by atoms with Gasteiger partial charge < -0.3 is 21.5 Å². The van der Waals surface area contributed by atoms with Gasteiger partial charge in [-0.05, 0) is 41.3 Å². The van der Waals surface area contributed by atoms with Crippen molar-refractivity contribution in [1.82, 2.24) is 15.0 Å². The molecule has 0 saturated carbocycles. The summed E-state index contributed by atoms with van der Waals surface area (Å²) < 4.78 is 0. The highest BCUT2D eigenvalue weighted by Crippen LogP contribution is 2.27. The first kappa shape index (κ1) is 22.2. The van der Waals surface area contributed by atoms with Crippen molar-refractivity contribution in [3.63, 3.8) is 0 Å². The van der Waals surface area contributed by atoms with Gasteiger partial charge in [0, 0.05) is 12.6 Å². The maximum Gasteiger partial charge on any atom is 0.320 e. The third-order valence-corrected chi connectivity index (χ3v) is 5.78. The van der Waals surface area contributed by atoms with Crippen molar-refractivity contribution in [2.75, 3.05) is 17.7 Å². The summed E-state index contributed by atoms with van der Waals surface area (Å²) >= 11 is 0. The normalized spacial score (nSPS) is 12.9. The maximum absolute atomic E-state index is 11.0. The molecule has 1 heterocycles. The summed E-state index contributed by atoms with van der Waals surface area (Å²) in [7, 11) is 1.93. The Morgan fingerprint density at radius 3 is 2.39 bits per heavy atom. The van der Waals surface area contributed by atoms with E-state index in [2.05, 4.69) is 52.2 Å². The number of aromatic nitrogens is 3. The number of rotatable bonds is 7. The number of hydrogen-bond acceptors (Lipinski definition) is 7. The number of carboxylic acid groups (broad SMARTS) is 1. The summed E-state index contributed by atoms with van der Waals surface area (Å²) in [5, 5.41) is 11.4. The molecule has 168 valence electrons. The van der Waals surface area contributed by atoms with Gasteiger partial charge in [-0.25, -0.2) is 0 Å². The Hall–Kier alpha value is -4.04. The SMILES string of the molecule is C[C@H](c1ccc2ccccc2c1)N(C)c1nc(N)nc(-c2ccc(C[C@H](N)C(=O)O)cc2)n1. The van der Waals surface area contributed by atoms with Crippen molar-refractivity contribution >= 4 is 28.6 Å². The predicted octanol–water partition coefficient (Wildman–Crippen LogP) is 3.43. The van der Waals surface area contributed by atoms with Crippen LogP contribution >= 0.6 is 0 Å². The third kappa shape index (κ3) is 4.91. The second-order valence-corrected chi connectivity index (χ2v) is 8.06. The molecule has 33 heavy (non-hydrogen) atoms. The van der Waals surface area contributed by atoms with Crippen LogP contribution in [0.3, 0.4) is 0 Å². The van der Waals surface area contributed by atoms with E-state index >= 15 is 0 Å². The molecule has 0 fully saturated rings. The van der Waals surface area contributed by atoms with Crippen LogP contribution in [0.5, 0.6) is 0 Å².